The molecule has 0 spiro atoms. The van der Waals surface area contributed by atoms with Gasteiger partial charge in [-0.25, -0.2) is 9.37 Å². The van der Waals surface area contributed by atoms with Crippen molar-refractivity contribution in [1.29, 1.82) is 0 Å². The Balaban J connectivity index is 1.09. The summed E-state index contributed by atoms with van der Waals surface area (Å²) in [6.45, 7) is 1.24. The molecule has 3 fully saturated rings. The molecule has 2 aromatic heterocycles. The maximum atomic E-state index is 15.3. The van der Waals surface area contributed by atoms with Crippen molar-refractivity contribution in [2.24, 2.45) is 5.92 Å². The number of benzene rings is 1. The lowest BCUT2D eigenvalue weighted by atomic mass is 10.0. The fourth-order valence-electron chi connectivity index (χ4n) is 6.06. The number of nitrogens with one attached hydrogen (secondary N) is 2. The fourth-order valence-corrected chi connectivity index (χ4v) is 6.26. The minimum absolute atomic E-state index is 0.186. The van der Waals surface area contributed by atoms with Gasteiger partial charge in [-0.15, -0.1) is 0 Å². The third-order valence-electron chi connectivity index (χ3n) is 7.98. The van der Waals surface area contributed by atoms with Gasteiger partial charge in [0.25, 0.3) is 6.01 Å². The van der Waals surface area contributed by atoms with Crippen LogP contribution >= 0.6 is 11.6 Å². The second kappa shape index (κ2) is 9.06. The largest absolute Gasteiger partial charge is 0.456 e. The van der Waals surface area contributed by atoms with Crippen molar-refractivity contribution >= 4 is 28.6 Å². The van der Waals surface area contributed by atoms with Crippen molar-refractivity contribution in [2.45, 2.75) is 55.6 Å². The molecular formula is C26H28ClFN4O5. The SMILES string of the molecule is COCC1CC1c1cc(F)c2c(c1)CC[C@@H]2Nc1nc2nc(O[C@@H]3COC4C3OC[C@H]4O)[nH]c2cc1Cl. The summed E-state index contributed by atoms with van der Waals surface area (Å²) in [6, 6.07) is 5.60. The van der Waals surface area contributed by atoms with Gasteiger partial charge >= 0.3 is 0 Å². The number of aryl methyl sites for hydroxylation is 1. The molecule has 7 atom stereocenters. The Bertz CT molecular complexity index is 1350. The van der Waals surface area contributed by atoms with E-state index in [4.69, 9.17) is 30.5 Å². The number of halogens is 2. The molecule has 9 nitrogen and oxygen atoms in total. The molecule has 3 aromatic rings. The van der Waals surface area contributed by atoms with Crippen molar-refractivity contribution in [2.75, 3.05) is 32.2 Å². The van der Waals surface area contributed by atoms with Gasteiger partial charge in [-0.2, -0.15) is 4.98 Å². The lowest BCUT2D eigenvalue weighted by Gasteiger charge is -2.17. The van der Waals surface area contributed by atoms with Crippen LogP contribution < -0.4 is 10.1 Å². The maximum Gasteiger partial charge on any atom is 0.296 e. The molecular weight excluding hydrogens is 503 g/mol. The van der Waals surface area contributed by atoms with E-state index in [0.717, 1.165) is 30.4 Å². The molecule has 196 valence electrons. The number of pyridine rings is 1. The summed E-state index contributed by atoms with van der Waals surface area (Å²) in [5.41, 5.74) is 3.84. The number of anilines is 1. The molecule has 0 bridgehead atoms. The Morgan fingerprint density at radius 1 is 1.22 bits per heavy atom. The molecule has 2 aliphatic carbocycles. The Morgan fingerprint density at radius 3 is 2.95 bits per heavy atom. The summed E-state index contributed by atoms with van der Waals surface area (Å²) < 4.78 is 37.7. The van der Waals surface area contributed by atoms with Crippen LogP contribution in [-0.4, -0.2) is 71.4 Å². The van der Waals surface area contributed by atoms with Crippen LogP contribution in [0.5, 0.6) is 6.01 Å². The number of ether oxygens (including phenoxy) is 4. The summed E-state index contributed by atoms with van der Waals surface area (Å²) in [6.07, 6.45) is 0.818. The van der Waals surface area contributed by atoms with Crippen LogP contribution in [0.2, 0.25) is 5.02 Å². The average molecular weight is 531 g/mol. The second-order valence-electron chi connectivity index (χ2n) is 10.4. The zero-order valence-corrected chi connectivity index (χ0v) is 21.0. The maximum absolute atomic E-state index is 15.3. The molecule has 37 heavy (non-hydrogen) atoms. The minimum atomic E-state index is -0.651. The zero-order valence-electron chi connectivity index (χ0n) is 20.2. The smallest absolute Gasteiger partial charge is 0.296 e. The van der Waals surface area contributed by atoms with E-state index in [0.29, 0.717) is 52.6 Å². The van der Waals surface area contributed by atoms with Crippen LogP contribution in [0, 0.1) is 11.7 Å². The standard InChI is InChI=1S/C26H28ClFN4O5/c1-34-8-13-5-14(13)12-4-11-2-3-17(21(11)16(28)6-12)29-24-15(27)7-18-25(31-24)32-26(30-18)37-20-10-36-22-19(33)9-35-23(20)22/h4,6-7,13-14,17,19-20,22-23,33H,2-3,5,8-10H2,1H3,(H2,29,30,31,32)/t13?,14?,17-,19+,20+,22?,23?/m0/s1. The number of H-pyrrole nitrogens is 1. The number of hydrogen-bond donors (Lipinski definition) is 3. The molecule has 3 N–H and O–H groups in total. The van der Waals surface area contributed by atoms with Crippen LogP contribution in [0.25, 0.3) is 11.2 Å². The van der Waals surface area contributed by atoms with E-state index >= 15 is 4.39 Å². The van der Waals surface area contributed by atoms with Gasteiger partial charge in [-0.3, -0.25) is 0 Å². The number of aromatic amines is 1. The predicted molar refractivity (Wildman–Crippen MR) is 133 cm³/mol. The number of aromatic nitrogens is 3. The fraction of sp³-hybridized carbons (Fsp3) is 0.538. The van der Waals surface area contributed by atoms with Crippen molar-refractivity contribution in [3.05, 3.63) is 45.7 Å². The van der Waals surface area contributed by atoms with Crippen molar-refractivity contribution in [3.8, 4) is 6.01 Å². The quantitative estimate of drug-likeness (QED) is 0.426. The lowest BCUT2D eigenvalue weighted by Crippen LogP contribution is -2.34. The molecule has 4 aliphatic rings. The van der Waals surface area contributed by atoms with Gasteiger partial charge in [0, 0.05) is 19.3 Å². The Morgan fingerprint density at radius 2 is 2.08 bits per heavy atom. The number of aliphatic hydroxyl groups is 1. The normalized spacial score (nSPS) is 32.1. The summed E-state index contributed by atoms with van der Waals surface area (Å²) in [5, 5.41) is 13.7. The predicted octanol–water partition coefficient (Wildman–Crippen LogP) is 3.51. The van der Waals surface area contributed by atoms with Crippen LogP contribution in [0.1, 0.15) is 41.5 Å². The van der Waals surface area contributed by atoms with Gasteiger partial charge in [0.15, 0.2) is 11.8 Å². The highest BCUT2D eigenvalue weighted by Gasteiger charge is 2.48. The molecule has 1 aromatic carbocycles. The Hall–Kier alpha value is -2.50. The van der Waals surface area contributed by atoms with E-state index in [9.17, 15) is 5.11 Å². The summed E-state index contributed by atoms with van der Waals surface area (Å²) in [4.78, 5) is 12.1. The van der Waals surface area contributed by atoms with Gasteiger partial charge in [0.2, 0.25) is 0 Å². The van der Waals surface area contributed by atoms with Crippen molar-refractivity contribution < 1.29 is 28.4 Å². The van der Waals surface area contributed by atoms with E-state index in [1.54, 1.807) is 19.2 Å². The highest BCUT2D eigenvalue weighted by molar-refractivity contribution is 6.33. The number of nitrogens with zero attached hydrogens (tertiary/aromatic N) is 2. The van der Waals surface area contributed by atoms with Crippen LogP contribution in [0.4, 0.5) is 10.2 Å². The van der Waals surface area contributed by atoms with Gasteiger partial charge in [-0.05, 0) is 54.4 Å². The van der Waals surface area contributed by atoms with Gasteiger partial charge in [-0.1, -0.05) is 17.7 Å². The third kappa shape index (κ3) is 4.15. The van der Waals surface area contributed by atoms with Gasteiger partial charge in [0.1, 0.15) is 29.9 Å². The van der Waals surface area contributed by atoms with Gasteiger partial charge in [0.05, 0.1) is 29.8 Å². The highest BCUT2D eigenvalue weighted by atomic mass is 35.5. The van der Waals surface area contributed by atoms with E-state index < -0.39 is 6.10 Å². The summed E-state index contributed by atoms with van der Waals surface area (Å²) in [7, 11) is 1.71. The van der Waals surface area contributed by atoms with Gasteiger partial charge < -0.3 is 34.4 Å². The van der Waals surface area contributed by atoms with E-state index in [1.165, 1.54) is 0 Å². The molecule has 0 amide bonds. The van der Waals surface area contributed by atoms with E-state index in [-0.39, 0.29) is 42.8 Å². The van der Waals surface area contributed by atoms with E-state index in [2.05, 4.69) is 26.3 Å². The molecule has 1 saturated carbocycles. The first-order chi connectivity index (χ1) is 18.0. The summed E-state index contributed by atoms with van der Waals surface area (Å²) >= 11 is 6.55. The first-order valence-corrected chi connectivity index (χ1v) is 13.1. The molecule has 4 heterocycles. The summed E-state index contributed by atoms with van der Waals surface area (Å²) in [5.74, 6) is 1.13. The number of rotatable bonds is 7. The average Bonchev–Trinajstić information content (AvgIpc) is 3.20. The first kappa shape index (κ1) is 23.6. The van der Waals surface area contributed by atoms with Crippen molar-refractivity contribution in [3.63, 3.8) is 0 Å². The Kier molecular flexibility index (Phi) is 5.78. The number of hydrogen-bond acceptors (Lipinski definition) is 8. The zero-order chi connectivity index (χ0) is 25.3. The van der Waals surface area contributed by atoms with E-state index in [1.807, 2.05) is 0 Å². The van der Waals surface area contributed by atoms with Crippen LogP contribution in [0.3, 0.4) is 0 Å². The number of fused-ring (bicyclic) bond motifs is 3. The number of imidazole rings is 1. The van der Waals surface area contributed by atoms with Crippen molar-refractivity contribution in [1.82, 2.24) is 15.0 Å². The Labute approximate surface area is 217 Å². The highest BCUT2D eigenvalue weighted by Crippen LogP contribution is 2.49. The minimum Gasteiger partial charge on any atom is -0.456 e. The van der Waals surface area contributed by atoms with Crippen LogP contribution in [-0.2, 0) is 20.6 Å². The molecule has 4 unspecified atom stereocenters. The molecule has 11 heteroatoms. The number of methoxy groups -OCH3 is 1. The first-order valence-electron chi connectivity index (χ1n) is 12.7. The second-order valence-corrected chi connectivity index (χ2v) is 10.8. The monoisotopic (exact) mass is 530 g/mol. The topological polar surface area (TPSA) is 111 Å². The number of aliphatic hydroxyl groups excluding tert-OH is 1. The molecule has 2 aliphatic heterocycles. The molecule has 7 rings (SSSR count). The molecule has 0 radical (unpaired) electrons. The third-order valence-corrected chi connectivity index (χ3v) is 8.27. The lowest BCUT2D eigenvalue weighted by molar-refractivity contribution is 0.00706. The molecule has 2 saturated heterocycles. The van der Waals surface area contributed by atoms with Crippen LogP contribution in [0.15, 0.2) is 18.2 Å².